The van der Waals surface area contributed by atoms with Crippen LogP contribution in [-0.4, -0.2) is 25.0 Å². The minimum absolute atomic E-state index is 0.139. The summed E-state index contributed by atoms with van der Waals surface area (Å²) in [5, 5.41) is 5.12. The topological polar surface area (TPSA) is 71.8 Å². The van der Waals surface area contributed by atoms with E-state index in [4.69, 9.17) is 9.15 Å². The SMILES string of the molecule is COc1ccc(N(C(=O)c2ccco2)[C@@H](C(=O)NC2CCCCC2)c2cccs2)cc1. The molecule has 0 spiro atoms. The predicted molar refractivity (Wildman–Crippen MR) is 121 cm³/mol. The molecule has 0 radical (unpaired) electrons. The number of nitrogens with one attached hydrogen (secondary N) is 1. The van der Waals surface area contributed by atoms with Crippen LogP contribution in [-0.2, 0) is 4.79 Å². The Bertz CT molecular complexity index is 977. The molecule has 0 bridgehead atoms. The van der Waals surface area contributed by atoms with Crippen LogP contribution in [0.1, 0.15) is 53.6 Å². The lowest BCUT2D eigenvalue weighted by molar-refractivity contribution is -0.123. The summed E-state index contributed by atoms with van der Waals surface area (Å²) in [5.41, 5.74) is 0.597. The molecule has 0 aliphatic heterocycles. The van der Waals surface area contributed by atoms with Crippen LogP contribution in [0.2, 0.25) is 0 Å². The standard InChI is InChI=1S/C24H26N2O4S/c1-29-19-13-11-18(12-14-19)26(24(28)20-9-5-15-30-20)22(21-10-6-16-31-21)23(27)25-17-7-3-2-4-8-17/h5-6,9-17,22H,2-4,7-8H2,1H3,(H,25,27)/t22-/m1/s1. The molecule has 31 heavy (non-hydrogen) atoms. The van der Waals surface area contributed by atoms with E-state index in [-0.39, 0.29) is 23.6 Å². The predicted octanol–water partition coefficient (Wildman–Crippen LogP) is 5.19. The third-order valence-corrected chi connectivity index (χ3v) is 6.50. The number of thiophene rings is 1. The van der Waals surface area contributed by atoms with Gasteiger partial charge in [-0.05, 0) is 60.7 Å². The van der Waals surface area contributed by atoms with Crippen LogP contribution in [0, 0.1) is 0 Å². The fourth-order valence-corrected chi connectivity index (χ4v) is 4.81. The van der Waals surface area contributed by atoms with E-state index in [0.717, 1.165) is 30.6 Å². The molecule has 2 amide bonds. The van der Waals surface area contributed by atoms with Crippen LogP contribution in [0.4, 0.5) is 5.69 Å². The highest BCUT2D eigenvalue weighted by molar-refractivity contribution is 7.10. The quantitative estimate of drug-likeness (QED) is 0.551. The number of hydrogen-bond acceptors (Lipinski definition) is 5. The van der Waals surface area contributed by atoms with Gasteiger partial charge in [-0.1, -0.05) is 25.3 Å². The summed E-state index contributed by atoms with van der Waals surface area (Å²) in [4.78, 5) is 29.4. The lowest BCUT2D eigenvalue weighted by Gasteiger charge is -2.32. The molecule has 0 saturated heterocycles. The Morgan fingerprint density at radius 2 is 1.87 bits per heavy atom. The molecule has 1 fully saturated rings. The second-order valence-electron chi connectivity index (χ2n) is 7.61. The number of amides is 2. The summed E-state index contributed by atoms with van der Waals surface area (Å²) in [6.07, 6.45) is 6.83. The van der Waals surface area contributed by atoms with E-state index in [1.807, 2.05) is 17.5 Å². The van der Waals surface area contributed by atoms with Crippen molar-refractivity contribution in [2.75, 3.05) is 12.0 Å². The highest BCUT2D eigenvalue weighted by Gasteiger charge is 2.36. The maximum Gasteiger partial charge on any atom is 0.295 e. The summed E-state index contributed by atoms with van der Waals surface area (Å²) >= 11 is 1.46. The van der Waals surface area contributed by atoms with Crippen LogP contribution in [0.15, 0.2) is 64.6 Å². The normalized spacial score (nSPS) is 15.3. The van der Waals surface area contributed by atoms with E-state index in [1.165, 1.54) is 28.9 Å². The lowest BCUT2D eigenvalue weighted by Crippen LogP contribution is -2.47. The summed E-state index contributed by atoms with van der Waals surface area (Å²) in [6.45, 7) is 0. The average molecular weight is 439 g/mol. The number of anilines is 1. The molecular formula is C24H26N2O4S. The lowest BCUT2D eigenvalue weighted by atomic mass is 9.95. The molecule has 6 nitrogen and oxygen atoms in total. The van der Waals surface area contributed by atoms with Gasteiger partial charge in [-0.15, -0.1) is 11.3 Å². The monoisotopic (exact) mass is 438 g/mol. The second-order valence-corrected chi connectivity index (χ2v) is 8.59. The molecule has 3 aromatic rings. The maximum atomic E-state index is 13.6. The summed E-state index contributed by atoms with van der Waals surface area (Å²) in [7, 11) is 1.59. The number of furan rings is 1. The van der Waals surface area contributed by atoms with Gasteiger partial charge in [0.25, 0.3) is 5.91 Å². The number of benzene rings is 1. The van der Waals surface area contributed by atoms with Crippen LogP contribution in [0.3, 0.4) is 0 Å². The van der Waals surface area contributed by atoms with Crippen molar-refractivity contribution in [3.63, 3.8) is 0 Å². The fraction of sp³-hybridized carbons (Fsp3) is 0.333. The van der Waals surface area contributed by atoms with E-state index >= 15 is 0 Å². The van der Waals surface area contributed by atoms with Gasteiger partial charge in [0.15, 0.2) is 11.8 Å². The Morgan fingerprint density at radius 1 is 1.10 bits per heavy atom. The molecule has 1 N–H and O–H groups in total. The Hall–Kier alpha value is -3.06. The van der Waals surface area contributed by atoms with Gasteiger partial charge < -0.3 is 14.5 Å². The van der Waals surface area contributed by atoms with E-state index in [2.05, 4.69) is 5.32 Å². The maximum absolute atomic E-state index is 13.6. The molecule has 1 aliphatic rings. The van der Waals surface area contributed by atoms with Crippen molar-refractivity contribution in [2.45, 2.75) is 44.2 Å². The highest BCUT2D eigenvalue weighted by atomic mass is 32.1. The summed E-state index contributed by atoms with van der Waals surface area (Å²) in [5.74, 6) is 0.314. The smallest absolute Gasteiger partial charge is 0.295 e. The number of methoxy groups -OCH3 is 1. The van der Waals surface area contributed by atoms with Gasteiger partial charge in [0.2, 0.25) is 5.91 Å². The minimum atomic E-state index is -0.798. The van der Waals surface area contributed by atoms with Crippen molar-refractivity contribution in [1.82, 2.24) is 5.32 Å². The number of hydrogen-bond donors (Lipinski definition) is 1. The number of carbonyl (C=O) groups is 2. The van der Waals surface area contributed by atoms with Gasteiger partial charge in [-0.3, -0.25) is 14.5 Å². The first-order chi connectivity index (χ1) is 15.2. The molecule has 1 saturated carbocycles. The molecular weight excluding hydrogens is 412 g/mol. The van der Waals surface area contributed by atoms with Crippen molar-refractivity contribution >= 4 is 28.8 Å². The number of rotatable bonds is 7. The summed E-state index contributed by atoms with van der Waals surface area (Å²) in [6, 6.07) is 13.5. The molecule has 7 heteroatoms. The molecule has 1 aliphatic carbocycles. The third kappa shape index (κ3) is 4.82. The van der Waals surface area contributed by atoms with Gasteiger partial charge in [0, 0.05) is 16.6 Å². The number of carbonyl (C=O) groups excluding carboxylic acids is 2. The van der Waals surface area contributed by atoms with Gasteiger partial charge >= 0.3 is 0 Å². The third-order valence-electron chi connectivity index (χ3n) is 5.57. The first kappa shape index (κ1) is 21.2. The Morgan fingerprint density at radius 3 is 2.48 bits per heavy atom. The van der Waals surface area contributed by atoms with Crippen molar-refractivity contribution < 1.29 is 18.7 Å². The molecule has 1 aromatic carbocycles. The molecule has 4 rings (SSSR count). The van der Waals surface area contributed by atoms with Crippen molar-refractivity contribution in [3.05, 3.63) is 70.8 Å². The van der Waals surface area contributed by atoms with Crippen molar-refractivity contribution in [3.8, 4) is 5.75 Å². The van der Waals surface area contributed by atoms with Gasteiger partial charge in [0.1, 0.15) is 5.75 Å². The minimum Gasteiger partial charge on any atom is -0.497 e. The molecule has 1 atom stereocenters. The van der Waals surface area contributed by atoms with Gasteiger partial charge in [-0.2, -0.15) is 0 Å². The Kier molecular flexibility index (Phi) is 6.72. The van der Waals surface area contributed by atoms with Gasteiger partial charge in [-0.25, -0.2) is 0 Å². The van der Waals surface area contributed by atoms with Crippen LogP contribution < -0.4 is 15.0 Å². The van der Waals surface area contributed by atoms with Crippen LogP contribution in [0.5, 0.6) is 5.75 Å². The zero-order chi connectivity index (χ0) is 21.6. The molecule has 162 valence electrons. The molecule has 2 heterocycles. The first-order valence-corrected chi connectivity index (χ1v) is 11.4. The van der Waals surface area contributed by atoms with E-state index in [1.54, 1.807) is 43.5 Å². The van der Waals surface area contributed by atoms with Crippen LogP contribution in [0.25, 0.3) is 0 Å². The number of ether oxygens (including phenoxy) is 1. The van der Waals surface area contributed by atoms with E-state index in [0.29, 0.717) is 11.4 Å². The van der Waals surface area contributed by atoms with Gasteiger partial charge in [0.05, 0.1) is 13.4 Å². The Balaban J connectivity index is 1.73. The van der Waals surface area contributed by atoms with Crippen LogP contribution >= 0.6 is 11.3 Å². The number of nitrogens with zero attached hydrogens (tertiary/aromatic N) is 1. The second kappa shape index (κ2) is 9.83. The van der Waals surface area contributed by atoms with Crippen molar-refractivity contribution in [2.24, 2.45) is 0 Å². The molecule has 2 aromatic heterocycles. The summed E-state index contributed by atoms with van der Waals surface area (Å²) < 4.78 is 10.7. The largest absolute Gasteiger partial charge is 0.497 e. The highest BCUT2D eigenvalue weighted by Crippen LogP contribution is 2.33. The fourth-order valence-electron chi connectivity index (χ4n) is 3.99. The zero-order valence-corrected chi connectivity index (χ0v) is 18.3. The van der Waals surface area contributed by atoms with E-state index < -0.39 is 6.04 Å². The van der Waals surface area contributed by atoms with Crippen molar-refractivity contribution in [1.29, 1.82) is 0 Å². The average Bonchev–Trinajstić information content (AvgIpc) is 3.52. The first-order valence-electron chi connectivity index (χ1n) is 10.5. The zero-order valence-electron chi connectivity index (χ0n) is 17.5. The Labute approximate surface area is 185 Å². The molecule has 0 unspecified atom stereocenters. The van der Waals surface area contributed by atoms with E-state index in [9.17, 15) is 9.59 Å².